The number of halogens is 1. The summed E-state index contributed by atoms with van der Waals surface area (Å²) in [4.78, 5) is 176. The average Bonchev–Trinajstić information content (AvgIpc) is 0.793. The Hall–Kier alpha value is -8.47. The van der Waals surface area contributed by atoms with Crippen LogP contribution in [0.5, 0.6) is 5.75 Å². The molecule has 1 aromatic rings. The molecule has 0 radical (unpaired) electrons. The van der Waals surface area contributed by atoms with Crippen molar-refractivity contribution in [3.8, 4) is 5.75 Å². The highest BCUT2D eigenvalue weighted by molar-refractivity contribution is 6.21. The van der Waals surface area contributed by atoms with Gasteiger partial charge in [-0.2, -0.15) is 0 Å². The number of hydrogen-bond donors (Lipinski definition) is 18. The molecule has 38 heteroatoms. The molecule has 0 aromatic heterocycles. The maximum Gasteiger partial charge on any atom is 0.329 e. The van der Waals surface area contributed by atoms with Crippen molar-refractivity contribution in [3.63, 3.8) is 0 Å². The summed E-state index contributed by atoms with van der Waals surface area (Å²) in [6.45, 7) is 20.0. The van der Waals surface area contributed by atoms with E-state index in [2.05, 4.69) is 54.4 Å². The van der Waals surface area contributed by atoms with Crippen molar-refractivity contribution in [3.05, 3.63) is 65.9 Å². The highest BCUT2D eigenvalue weighted by Crippen LogP contribution is 2.32. The molecule has 3 fully saturated rings. The number of allylic oxidation sites excluding steroid dienone is 4. The van der Waals surface area contributed by atoms with Crippen LogP contribution in [0.1, 0.15) is 121 Å². The second kappa shape index (κ2) is 43.0. The number of fused-ring (bicyclic) bond motifs is 1. The van der Waals surface area contributed by atoms with Crippen LogP contribution in [0, 0.1) is 23.7 Å². The number of amides is 11. The lowest BCUT2D eigenvalue weighted by molar-refractivity contribution is -0.268. The van der Waals surface area contributed by atoms with Gasteiger partial charge in [0.15, 0.2) is 5.60 Å². The largest absolute Gasteiger partial charge is 0.462 e. The van der Waals surface area contributed by atoms with E-state index in [9.17, 15) is 74.1 Å². The summed E-state index contributed by atoms with van der Waals surface area (Å²) in [5, 5.41) is 96.2. The minimum atomic E-state index is -2.47. The Balaban J connectivity index is 1.84. The summed E-state index contributed by atoms with van der Waals surface area (Å²) >= 11 is 6.83. The van der Waals surface area contributed by atoms with Crippen LogP contribution in [0.25, 0.3) is 0 Å². The van der Waals surface area contributed by atoms with Crippen molar-refractivity contribution in [2.24, 2.45) is 35.1 Å². The quantitative estimate of drug-likeness (QED) is 0.0204. The lowest BCUT2D eigenvalue weighted by Crippen LogP contribution is -2.66. The first-order valence-electron chi connectivity index (χ1n) is 36.7. The first-order chi connectivity index (χ1) is 51.8. The number of methoxy groups -OCH3 is 2. The van der Waals surface area contributed by atoms with Gasteiger partial charge in [0.2, 0.25) is 65.4 Å². The highest BCUT2D eigenvalue weighted by atomic mass is 35.5. The molecular formula is C73H116ClN13O24. The Bertz CT molecular complexity index is 3470. The Kier molecular flexibility index (Phi) is 36.7. The van der Waals surface area contributed by atoms with Gasteiger partial charge in [-0.15, -0.1) is 11.6 Å². The Morgan fingerprint density at radius 3 is 2.00 bits per heavy atom. The number of aliphatic hydroxyl groups is 7. The van der Waals surface area contributed by atoms with E-state index in [1.807, 2.05) is 19.9 Å². The minimum absolute atomic E-state index is 0.00939. The summed E-state index contributed by atoms with van der Waals surface area (Å²) in [7, 11) is 3.47. The summed E-state index contributed by atoms with van der Waals surface area (Å²) in [5.41, 5.74) is 10.9. The van der Waals surface area contributed by atoms with Crippen LogP contribution in [0.3, 0.4) is 0 Å². The van der Waals surface area contributed by atoms with E-state index in [0.717, 1.165) is 49.8 Å². The van der Waals surface area contributed by atoms with E-state index in [1.165, 1.54) is 98.9 Å². The SMILES string of the molecule is C=C(N)[C@H](C)[C@H](C)[C@H](NC(=O)[C@@H](NC(=O)[C@@H](NC(=O)CNC(=O)C(C)(O)C(O)/C=C\C(C)=C\C(C)CC)[C@@H](C)O)[C@@H](C)N)C(=O)N[C@H]1C(=O)N[C@H](COC)C(=O)NCC(=O)N[C@@H](C)C(=O)N(C)C([C@@H](C)O)C(=O)NC([C@H](OC)c2ccc(O[C@@H]3O[C@@H](C)[C@H](O)[C@@H](O)[C@H]3O)cc2)C(=O)N2CC[C@H](Cl)CC2C(=O)O[C@@H]1C(C)C. The van der Waals surface area contributed by atoms with Gasteiger partial charge in [0.1, 0.15) is 96.7 Å². The van der Waals surface area contributed by atoms with Crippen molar-refractivity contribution in [1.29, 1.82) is 0 Å². The van der Waals surface area contributed by atoms with Crippen LogP contribution in [-0.2, 0) is 76.5 Å². The lowest BCUT2D eigenvalue weighted by atomic mass is 9.85. The van der Waals surface area contributed by atoms with Crippen LogP contribution in [0.2, 0.25) is 0 Å². The van der Waals surface area contributed by atoms with Gasteiger partial charge < -0.3 is 129 Å². The number of esters is 1. The zero-order chi connectivity index (χ0) is 84.1. The molecule has 3 aliphatic heterocycles. The summed E-state index contributed by atoms with van der Waals surface area (Å²) in [5.74, 6) is -16.5. The molecule has 111 heavy (non-hydrogen) atoms. The van der Waals surface area contributed by atoms with Crippen LogP contribution in [0.15, 0.2) is 60.3 Å². The third kappa shape index (κ3) is 26.0. The third-order valence-corrected chi connectivity index (χ3v) is 20.2. The maximum atomic E-state index is 15.8. The van der Waals surface area contributed by atoms with Gasteiger partial charge >= 0.3 is 5.97 Å². The Morgan fingerprint density at radius 1 is 0.829 bits per heavy atom. The third-order valence-electron chi connectivity index (χ3n) is 19.8. The van der Waals surface area contributed by atoms with E-state index in [4.69, 9.17) is 46.8 Å². The summed E-state index contributed by atoms with van der Waals surface area (Å²) in [6.07, 6.45) is -10.7. The lowest BCUT2D eigenvalue weighted by Gasteiger charge is -2.41. The van der Waals surface area contributed by atoms with Crippen LogP contribution in [-0.4, -0.2) is 291 Å². The fourth-order valence-corrected chi connectivity index (χ4v) is 12.7. The van der Waals surface area contributed by atoms with E-state index in [1.54, 1.807) is 6.92 Å². The number of nitrogens with one attached hydrogen (secondary N) is 9. The van der Waals surface area contributed by atoms with Crippen LogP contribution < -0.4 is 64.1 Å². The molecule has 0 aliphatic carbocycles. The molecule has 6 unspecified atom stereocenters. The van der Waals surface area contributed by atoms with Crippen LogP contribution >= 0.6 is 11.6 Å². The van der Waals surface area contributed by atoms with E-state index >= 15 is 19.2 Å². The van der Waals surface area contributed by atoms with Crippen molar-refractivity contribution >= 4 is 82.5 Å². The summed E-state index contributed by atoms with van der Waals surface area (Å²) < 4.78 is 29.0. The predicted molar refractivity (Wildman–Crippen MR) is 400 cm³/mol. The predicted octanol–water partition coefficient (Wildman–Crippen LogP) is -4.61. The van der Waals surface area contributed by atoms with Crippen molar-refractivity contribution < 1.29 is 117 Å². The zero-order valence-electron chi connectivity index (χ0n) is 65.6. The Labute approximate surface area is 650 Å². The van der Waals surface area contributed by atoms with Crippen molar-refractivity contribution in [2.45, 2.75) is 242 Å². The Morgan fingerprint density at radius 2 is 1.44 bits per heavy atom. The van der Waals surface area contributed by atoms with Gasteiger partial charge in [-0.25, -0.2) is 4.79 Å². The van der Waals surface area contributed by atoms with Crippen LogP contribution in [0.4, 0.5) is 0 Å². The number of hydrogen-bond acceptors (Lipinski definition) is 26. The molecule has 3 saturated heterocycles. The molecule has 4 rings (SSSR count). The maximum absolute atomic E-state index is 15.8. The van der Waals surface area contributed by atoms with Gasteiger partial charge in [0, 0.05) is 50.8 Å². The molecule has 0 spiro atoms. The standard InChI is InChI=1S/C73H116ClN13O24/c1-18-33(4)27-34(5)19-24-48(90)73(14,106)72(105)78-30-50(92)81-53(40(11)88)65(99)83-52(38(9)76)64(98)82-51(36(7)35(6)37(8)75)63(97)84-54-60(32(2)3)111-70(104)47-28-44(74)25-26-87(47)69(103)55(61(108-17)43-20-22-45(23-21-43)110-71-59(95)58(94)57(93)42(13)109-71)85-67(101)56(41(12)89)86(15)68(102)39(10)79-49(91)29-77-62(96)46(31-107-16)80-66(54)100/h19-24,27,32-33,35-36,38-42,44,46-48,51-61,71,88-90,93-95,106H,8,18,25-26,28-31,75-76H2,1-7,9-17H3,(H,77,96)(H,78,105)(H,79,91)(H,80,100)(H,81,92)(H,82,98)(H,83,99)(H,84,97)(H,85,101)/b24-19-,34-27+/t33?,35-,36+,38-,39+,40-,41-,42+,44+,46-,47?,48?,51+,52+,53+,54-,55?,56?,57+,58-,59-,60-,61-,71+,73?/m1/s1. The van der Waals surface area contributed by atoms with E-state index < -0.39 is 241 Å². The number of aliphatic hydroxyl groups excluding tert-OH is 6. The van der Waals surface area contributed by atoms with Gasteiger partial charge in [0.05, 0.1) is 38.0 Å². The zero-order valence-corrected chi connectivity index (χ0v) is 66.4. The normalized spacial score (nSPS) is 28.1. The number of nitrogens with two attached hydrogens (primary N) is 2. The second-order valence-corrected chi connectivity index (χ2v) is 29.9. The van der Waals surface area contributed by atoms with Gasteiger partial charge in [0.25, 0.3) is 5.91 Å². The molecule has 11 amide bonds. The molecule has 20 N–H and O–H groups in total. The molecular weight excluding hydrogens is 1480 g/mol. The number of nitrogens with zero attached hydrogens (tertiary/aromatic N) is 2. The number of carbonyl (C=O) groups is 12. The van der Waals surface area contributed by atoms with Gasteiger partial charge in [-0.3, -0.25) is 52.7 Å². The van der Waals surface area contributed by atoms with E-state index in [-0.39, 0.29) is 42.3 Å². The fourth-order valence-electron chi connectivity index (χ4n) is 12.4. The molecule has 624 valence electrons. The number of carbonyl (C=O) groups excluding carboxylic acids is 12. The van der Waals surface area contributed by atoms with Gasteiger partial charge in [-0.05, 0) is 96.8 Å². The number of ether oxygens (including phenoxy) is 5. The monoisotopic (exact) mass is 1590 g/mol. The topological polar surface area (TPSA) is 559 Å². The van der Waals surface area contributed by atoms with Crippen molar-refractivity contribution in [1.82, 2.24) is 57.7 Å². The average molecular weight is 1600 g/mol. The first kappa shape index (κ1) is 94.9. The van der Waals surface area contributed by atoms with E-state index in [0.29, 0.717) is 0 Å². The second-order valence-electron chi connectivity index (χ2n) is 29.2. The molecule has 37 nitrogen and oxygen atoms in total. The smallest absolute Gasteiger partial charge is 0.329 e. The number of cyclic esters (lactones) is 1. The van der Waals surface area contributed by atoms with Crippen molar-refractivity contribution in [2.75, 3.05) is 47.5 Å². The number of likely N-dealkylation sites (N-methyl/N-ethyl adjacent to an activating group) is 1. The number of alkyl halides is 1. The number of rotatable bonds is 29. The number of benzene rings is 1. The minimum Gasteiger partial charge on any atom is -0.462 e. The molecule has 0 bridgehead atoms. The fraction of sp³-hybridized carbons (Fsp3) is 0.671. The molecule has 3 heterocycles. The first-order valence-corrected chi connectivity index (χ1v) is 37.1. The molecule has 0 saturated carbocycles. The summed E-state index contributed by atoms with van der Waals surface area (Å²) in [6, 6.07) is -12.2. The molecule has 3 aliphatic rings. The number of piperidine rings is 1. The van der Waals surface area contributed by atoms with Gasteiger partial charge in [-0.1, -0.05) is 90.5 Å². The molecule has 25 atom stereocenters. The highest BCUT2D eigenvalue weighted by Gasteiger charge is 2.49. The molecule has 1 aromatic carbocycles.